The zero-order chi connectivity index (χ0) is 19.7. The summed E-state index contributed by atoms with van der Waals surface area (Å²) in [5.41, 5.74) is 5.59. The Morgan fingerprint density at radius 1 is 0.893 bits per heavy atom. The van der Waals surface area contributed by atoms with E-state index in [0.29, 0.717) is 11.8 Å². The quantitative estimate of drug-likeness (QED) is 0.744. The molecule has 2 unspecified atom stereocenters. The summed E-state index contributed by atoms with van der Waals surface area (Å²) in [6.07, 6.45) is 7.24. The van der Waals surface area contributed by atoms with Crippen LogP contribution in [0.15, 0.2) is 36.4 Å². The van der Waals surface area contributed by atoms with Gasteiger partial charge in [0.15, 0.2) is 0 Å². The molecule has 3 heteroatoms. The zero-order valence-electron chi connectivity index (χ0n) is 16.7. The van der Waals surface area contributed by atoms with Crippen LogP contribution in [0.2, 0.25) is 0 Å². The van der Waals surface area contributed by atoms with E-state index < -0.39 is 5.97 Å². The van der Waals surface area contributed by atoms with Crippen molar-refractivity contribution >= 4 is 5.97 Å². The van der Waals surface area contributed by atoms with Gasteiger partial charge in [0.25, 0.3) is 0 Å². The largest absolute Gasteiger partial charge is 0.507 e. The molecule has 4 aliphatic carbocycles. The third kappa shape index (κ3) is 2.52. The number of carboxylic acid groups (broad SMARTS) is 1. The topological polar surface area (TPSA) is 57.5 Å². The molecule has 4 saturated carbocycles. The molecule has 4 aliphatic rings. The number of aromatic carboxylic acids is 1. The Hall–Kier alpha value is -2.29. The number of rotatable bonds is 3. The van der Waals surface area contributed by atoms with E-state index >= 15 is 0 Å². The number of carbonyl (C=O) groups is 1. The van der Waals surface area contributed by atoms with E-state index in [2.05, 4.69) is 32.0 Å². The number of hydrogen-bond acceptors (Lipinski definition) is 2. The van der Waals surface area contributed by atoms with Gasteiger partial charge in [0, 0.05) is 0 Å². The summed E-state index contributed by atoms with van der Waals surface area (Å²) in [6.45, 7) is 4.37. The van der Waals surface area contributed by atoms with Crippen molar-refractivity contribution in [1.82, 2.24) is 0 Å². The van der Waals surface area contributed by atoms with Crippen LogP contribution < -0.4 is 0 Å². The Morgan fingerprint density at radius 2 is 1.46 bits per heavy atom. The minimum Gasteiger partial charge on any atom is -0.507 e. The summed E-state index contributed by atoms with van der Waals surface area (Å²) in [5, 5.41) is 19.5. The lowest BCUT2D eigenvalue weighted by atomic mass is 9.41. The number of benzene rings is 2. The minimum absolute atomic E-state index is 0.0356. The molecule has 0 spiro atoms. The maximum atomic E-state index is 11.6. The van der Waals surface area contributed by atoms with E-state index in [4.69, 9.17) is 0 Å². The average Bonchev–Trinajstić information content (AvgIpc) is 2.63. The number of carboxylic acids is 1. The maximum Gasteiger partial charge on any atom is 0.339 e. The van der Waals surface area contributed by atoms with Gasteiger partial charge < -0.3 is 10.2 Å². The second-order valence-corrected chi connectivity index (χ2v) is 9.86. The molecule has 0 amide bonds. The van der Waals surface area contributed by atoms with Crippen molar-refractivity contribution in [3.8, 4) is 5.75 Å². The zero-order valence-corrected chi connectivity index (χ0v) is 16.7. The van der Waals surface area contributed by atoms with Gasteiger partial charge in [0.2, 0.25) is 0 Å². The first kappa shape index (κ1) is 17.8. The van der Waals surface area contributed by atoms with Crippen molar-refractivity contribution in [2.75, 3.05) is 0 Å². The molecular weight excluding hydrogens is 348 g/mol. The van der Waals surface area contributed by atoms with Crippen molar-refractivity contribution in [2.45, 2.75) is 63.2 Å². The van der Waals surface area contributed by atoms with Gasteiger partial charge in [-0.1, -0.05) is 24.3 Å². The summed E-state index contributed by atoms with van der Waals surface area (Å²) < 4.78 is 0. The fourth-order valence-electron chi connectivity index (χ4n) is 7.05. The molecular formula is C25H28O3. The first-order valence-electron chi connectivity index (χ1n) is 10.4. The normalized spacial score (nSPS) is 33.2. The van der Waals surface area contributed by atoms with Gasteiger partial charge in [-0.2, -0.15) is 0 Å². The summed E-state index contributed by atoms with van der Waals surface area (Å²) in [5.74, 6) is 0.243. The van der Waals surface area contributed by atoms with Crippen LogP contribution in [-0.2, 0) is 10.8 Å². The van der Waals surface area contributed by atoms with Gasteiger partial charge in [-0.25, -0.2) is 4.79 Å². The van der Waals surface area contributed by atoms with Gasteiger partial charge in [0.05, 0.1) is 0 Å². The molecule has 2 aromatic rings. The highest BCUT2D eigenvalue weighted by atomic mass is 16.4. The highest BCUT2D eigenvalue weighted by Gasteiger charge is 2.58. The van der Waals surface area contributed by atoms with Crippen LogP contribution in [0.3, 0.4) is 0 Å². The SMILES string of the molecule is Cc1ccc(C23CC4CC(C2)CC(c2ccc(O)c(C(=O)O)c2)(C4)C3)cc1C. The molecule has 3 nitrogen and oxygen atoms in total. The van der Waals surface area contributed by atoms with Crippen LogP contribution in [-0.4, -0.2) is 16.2 Å². The molecule has 0 radical (unpaired) electrons. The van der Waals surface area contributed by atoms with Crippen LogP contribution >= 0.6 is 0 Å². The molecule has 0 aromatic heterocycles. The van der Waals surface area contributed by atoms with Crippen molar-refractivity contribution in [3.05, 3.63) is 64.2 Å². The van der Waals surface area contributed by atoms with E-state index in [1.165, 1.54) is 36.0 Å². The highest BCUT2D eigenvalue weighted by Crippen LogP contribution is 2.66. The lowest BCUT2D eigenvalue weighted by Crippen LogP contribution is -2.56. The van der Waals surface area contributed by atoms with Crippen molar-refractivity contribution in [2.24, 2.45) is 11.8 Å². The molecule has 2 aromatic carbocycles. The van der Waals surface area contributed by atoms with Crippen molar-refractivity contribution in [1.29, 1.82) is 0 Å². The summed E-state index contributed by atoms with van der Waals surface area (Å²) in [7, 11) is 0. The number of aromatic hydroxyl groups is 1. The molecule has 28 heavy (non-hydrogen) atoms. The molecule has 2 N–H and O–H groups in total. The van der Waals surface area contributed by atoms with Crippen LogP contribution in [0.5, 0.6) is 5.75 Å². The lowest BCUT2D eigenvalue weighted by Gasteiger charge is -2.63. The van der Waals surface area contributed by atoms with E-state index in [9.17, 15) is 15.0 Å². The fourth-order valence-corrected chi connectivity index (χ4v) is 7.05. The number of hydrogen-bond donors (Lipinski definition) is 2. The van der Waals surface area contributed by atoms with Crippen LogP contribution in [0, 0.1) is 25.7 Å². The lowest BCUT2D eigenvalue weighted by molar-refractivity contribution is -0.0281. The van der Waals surface area contributed by atoms with E-state index in [1.807, 2.05) is 6.07 Å². The average molecular weight is 376 g/mol. The molecule has 2 atom stereocenters. The van der Waals surface area contributed by atoms with E-state index in [0.717, 1.165) is 24.8 Å². The minimum atomic E-state index is -1.05. The molecule has 4 fully saturated rings. The molecule has 146 valence electrons. The highest BCUT2D eigenvalue weighted by molar-refractivity contribution is 5.91. The third-order valence-corrected chi connectivity index (χ3v) is 8.02. The molecule has 0 saturated heterocycles. The van der Waals surface area contributed by atoms with Crippen LogP contribution in [0.1, 0.15) is 71.1 Å². The van der Waals surface area contributed by atoms with Crippen LogP contribution in [0.25, 0.3) is 0 Å². The standard InChI is InChI=1S/C25H28O3/c1-15-3-4-19(7-16(15)2)24-10-17-8-18(11-24)13-25(12-17,14-24)20-5-6-22(26)21(9-20)23(27)28/h3-7,9,17-18,26H,8,10-14H2,1-2H3,(H,27,28). The molecule has 0 heterocycles. The number of aryl methyl sites for hydroxylation is 2. The predicted molar refractivity (Wildman–Crippen MR) is 109 cm³/mol. The molecule has 6 rings (SSSR count). The maximum absolute atomic E-state index is 11.6. The summed E-state index contributed by atoms with van der Waals surface area (Å²) >= 11 is 0. The second kappa shape index (κ2) is 5.85. The first-order chi connectivity index (χ1) is 13.3. The van der Waals surface area contributed by atoms with E-state index in [1.54, 1.807) is 12.1 Å². The third-order valence-electron chi connectivity index (χ3n) is 8.02. The monoisotopic (exact) mass is 376 g/mol. The Morgan fingerprint density at radius 3 is 2.04 bits per heavy atom. The summed E-state index contributed by atoms with van der Waals surface area (Å²) in [6, 6.07) is 12.3. The second-order valence-electron chi connectivity index (χ2n) is 9.86. The Bertz CT molecular complexity index is 960. The number of phenols is 1. The van der Waals surface area contributed by atoms with Gasteiger partial charge in [0.1, 0.15) is 11.3 Å². The fraction of sp³-hybridized carbons (Fsp3) is 0.480. The van der Waals surface area contributed by atoms with Gasteiger partial charge >= 0.3 is 5.97 Å². The predicted octanol–water partition coefficient (Wildman–Crippen LogP) is 5.50. The van der Waals surface area contributed by atoms with Crippen LogP contribution in [0.4, 0.5) is 0 Å². The van der Waals surface area contributed by atoms with Crippen molar-refractivity contribution in [3.63, 3.8) is 0 Å². The molecule has 4 bridgehead atoms. The Kier molecular flexibility index (Phi) is 3.72. The Labute approximate surface area is 166 Å². The molecule has 0 aliphatic heterocycles. The van der Waals surface area contributed by atoms with Gasteiger partial charge in [-0.05, 0) is 109 Å². The smallest absolute Gasteiger partial charge is 0.339 e. The van der Waals surface area contributed by atoms with Crippen molar-refractivity contribution < 1.29 is 15.0 Å². The van der Waals surface area contributed by atoms with Gasteiger partial charge in [-0.3, -0.25) is 0 Å². The van der Waals surface area contributed by atoms with Gasteiger partial charge in [-0.15, -0.1) is 0 Å². The Balaban J connectivity index is 1.61. The summed E-state index contributed by atoms with van der Waals surface area (Å²) in [4.78, 5) is 11.6. The first-order valence-corrected chi connectivity index (χ1v) is 10.4. The van der Waals surface area contributed by atoms with E-state index in [-0.39, 0.29) is 22.1 Å².